The molecule has 0 N–H and O–H groups in total. The number of benzene rings is 1. The summed E-state index contributed by atoms with van der Waals surface area (Å²) in [6.45, 7) is 0.799. The summed E-state index contributed by atoms with van der Waals surface area (Å²) in [5.41, 5.74) is 0.765. The first-order chi connectivity index (χ1) is 20.5. The van der Waals surface area contributed by atoms with Crippen molar-refractivity contribution in [3.8, 4) is 28.9 Å². The molecule has 43 heavy (non-hydrogen) atoms. The van der Waals surface area contributed by atoms with E-state index in [-0.39, 0.29) is 47.1 Å². The van der Waals surface area contributed by atoms with Gasteiger partial charge in [-0.2, -0.15) is 18.4 Å². The molecule has 0 unspecified atom stereocenters. The number of hydrogen-bond donors (Lipinski definition) is 0. The van der Waals surface area contributed by atoms with Crippen molar-refractivity contribution in [1.29, 1.82) is 5.26 Å². The van der Waals surface area contributed by atoms with Crippen molar-refractivity contribution in [3.05, 3.63) is 53.9 Å². The molecule has 1 aromatic carbocycles. The van der Waals surface area contributed by atoms with Crippen molar-refractivity contribution in [1.82, 2.24) is 9.97 Å². The van der Waals surface area contributed by atoms with E-state index in [0.29, 0.717) is 42.9 Å². The van der Waals surface area contributed by atoms with Gasteiger partial charge >= 0.3 is 6.18 Å². The number of Topliss-reactive ketones (excluding diaryl/α,β-unsaturated/α-hetero) is 1. The number of halogens is 3. The maximum atomic E-state index is 13.5. The second-order valence-electron chi connectivity index (χ2n) is 11.9. The summed E-state index contributed by atoms with van der Waals surface area (Å²) in [7, 11) is -3.03. The molecule has 1 aliphatic heterocycles. The summed E-state index contributed by atoms with van der Waals surface area (Å²) in [4.78, 5) is 24.2. The van der Waals surface area contributed by atoms with E-state index in [1.54, 1.807) is 0 Å². The van der Waals surface area contributed by atoms with Crippen LogP contribution < -0.4 is 4.90 Å². The normalized spacial score (nSPS) is 23.0. The largest absolute Gasteiger partial charge is 0.439 e. The van der Waals surface area contributed by atoms with Crippen LogP contribution in [-0.4, -0.2) is 48.8 Å². The van der Waals surface area contributed by atoms with E-state index in [9.17, 15) is 31.6 Å². The Balaban J connectivity index is 1.35. The highest BCUT2D eigenvalue weighted by Gasteiger charge is 2.47. The number of nitriles is 1. The lowest BCUT2D eigenvalue weighted by atomic mass is 9.73. The highest BCUT2D eigenvalue weighted by Crippen LogP contribution is 2.51. The molecule has 1 saturated heterocycles. The number of nitrogens with zero attached hydrogens (tertiary/aromatic N) is 4. The van der Waals surface area contributed by atoms with Gasteiger partial charge in [0.25, 0.3) is 0 Å². The Hall–Kier alpha value is -3.72. The lowest BCUT2D eigenvalue weighted by Crippen LogP contribution is -2.40. The lowest BCUT2D eigenvalue weighted by molar-refractivity contribution is -0.137. The molecule has 0 bridgehead atoms. The molecular formula is C31H31F3N4O4S. The van der Waals surface area contributed by atoms with Crippen LogP contribution in [0.2, 0.25) is 0 Å². The van der Waals surface area contributed by atoms with Crippen LogP contribution in [0.4, 0.5) is 18.9 Å². The molecule has 6 rings (SSSR count). The predicted octanol–water partition coefficient (Wildman–Crippen LogP) is 6.19. The summed E-state index contributed by atoms with van der Waals surface area (Å²) < 4.78 is 69.5. The molecule has 3 aliphatic rings. The van der Waals surface area contributed by atoms with Crippen molar-refractivity contribution in [2.24, 2.45) is 11.3 Å². The molecule has 2 atom stereocenters. The third-order valence-electron chi connectivity index (χ3n) is 8.93. The minimum absolute atomic E-state index is 0.0377. The van der Waals surface area contributed by atoms with Gasteiger partial charge in [-0.1, -0.05) is 25.0 Å². The number of hydrogen-bond acceptors (Lipinski definition) is 8. The molecule has 2 aromatic heterocycles. The Labute approximate surface area is 247 Å². The number of rotatable bonds is 7. The number of pyridine rings is 1. The molecule has 3 fully saturated rings. The molecule has 0 amide bonds. The molecule has 226 valence electrons. The molecule has 0 spiro atoms. The van der Waals surface area contributed by atoms with E-state index in [0.717, 1.165) is 43.6 Å². The monoisotopic (exact) mass is 612 g/mol. The summed E-state index contributed by atoms with van der Waals surface area (Å²) in [5, 5.41) is 9.58. The molecule has 0 radical (unpaired) electrons. The molecular weight excluding hydrogens is 581 g/mol. The SMILES string of the molecule is N#CC1(CC(=O)[C@@H]2CCCC[C@H]2c2oc(-c3ccc(C(F)(F)F)cn3)nc2-c2ccc(N3CCS(=O)(=O)CC3)cc2)CC1. The Kier molecular flexibility index (Phi) is 7.57. The first kappa shape index (κ1) is 29.4. The summed E-state index contributed by atoms with van der Waals surface area (Å²) in [6.07, 6.45) is 0.966. The minimum Gasteiger partial charge on any atom is -0.439 e. The quantitative estimate of drug-likeness (QED) is 0.310. The van der Waals surface area contributed by atoms with Gasteiger partial charge in [0.1, 0.15) is 22.9 Å². The smallest absolute Gasteiger partial charge is 0.417 e. The van der Waals surface area contributed by atoms with Gasteiger partial charge in [-0.15, -0.1) is 0 Å². The summed E-state index contributed by atoms with van der Waals surface area (Å²) >= 11 is 0. The van der Waals surface area contributed by atoms with E-state index < -0.39 is 27.0 Å². The van der Waals surface area contributed by atoms with Crippen molar-refractivity contribution in [3.63, 3.8) is 0 Å². The van der Waals surface area contributed by atoms with Crippen LogP contribution in [0.25, 0.3) is 22.8 Å². The topological polar surface area (TPSA) is 117 Å². The van der Waals surface area contributed by atoms with Crippen LogP contribution in [0, 0.1) is 22.7 Å². The second kappa shape index (κ2) is 11.1. The van der Waals surface area contributed by atoms with Crippen LogP contribution in [0.1, 0.15) is 62.2 Å². The molecule has 8 nitrogen and oxygen atoms in total. The predicted molar refractivity (Wildman–Crippen MR) is 153 cm³/mol. The first-order valence-corrected chi connectivity index (χ1v) is 16.3. The maximum absolute atomic E-state index is 13.5. The van der Waals surface area contributed by atoms with E-state index in [1.165, 1.54) is 6.07 Å². The number of alkyl halides is 3. The van der Waals surface area contributed by atoms with Gasteiger partial charge in [0.2, 0.25) is 5.89 Å². The van der Waals surface area contributed by atoms with Crippen molar-refractivity contribution in [2.75, 3.05) is 29.5 Å². The number of oxazole rings is 1. The fourth-order valence-electron chi connectivity index (χ4n) is 6.16. The Morgan fingerprint density at radius 2 is 1.77 bits per heavy atom. The zero-order valence-electron chi connectivity index (χ0n) is 23.4. The molecule has 3 heterocycles. The number of aromatic nitrogens is 2. The van der Waals surface area contributed by atoms with Crippen LogP contribution in [0.5, 0.6) is 0 Å². The highest BCUT2D eigenvalue weighted by molar-refractivity contribution is 7.91. The molecule has 2 saturated carbocycles. The van der Waals surface area contributed by atoms with E-state index in [1.807, 2.05) is 29.2 Å². The highest BCUT2D eigenvalue weighted by atomic mass is 32.2. The van der Waals surface area contributed by atoms with Crippen molar-refractivity contribution in [2.45, 2.75) is 57.0 Å². The van der Waals surface area contributed by atoms with E-state index in [2.05, 4.69) is 11.1 Å². The molecule has 12 heteroatoms. The van der Waals surface area contributed by atoms with Crippen LogP contribution in [0.15, 0.2) is 47.0 Å². The van der Waals surface area contributed by atoms with Gasteiger partial charge in [-0.05, 0) is 49.9 Å². The van der Waals surface area contributed by atoms with E-state index in [4.69, 9.17) is 9.40 Å². The van der Waals surface area contributed by atoms with Gasteiger partial charge in [-0.3, -0.25) is 9.78 Å². The number of carbonyl (C=O) groups excluding carboxylic acids is 1. The second-order valence-corrected chi connectivity index (χ2v) is 14.2. The van der Waals surface area contributed by atoms with Crippen molar-refractivity contribution < 1.29 is 30.8 Å². The molecule has 3 aromatic rings. The zero-order chi connectivity index (χ0) is 30.4. The lowest BCUT2D eigenvalue weighted by Gasteiger charge is -2.30. The number of sulfone groups is 1. The minimum atomic E-state index is -4.53. The van der Waals surface area contributed by atoms with Crippen LogP contribution >= 0.6 is 0 Å². The third-order valence-corrected chi connectivity index (χ3v) is 10.5. The first-order valence-electron chi connectivity index (χ1n) is 14.5. The fourth-order valence-corrected chi connectivity index (χ4v) is 7.36. The standard InChI is InChI=1S/C31H31F3N4O4S/c32-31(33,34)21-7-10-25(36-18-21)29-37-27(20-5-8-22(9-6-20)38-13-15-43(40,41)16-14-38)28(42-29)24-4-2-1-3-23(24)26(39)17-30(19-35)11-12-30/h5-10,18,23-24H,1-4,11-17H2/t23-,24-/m1/s1. The average molecular weight is 613 g/mol. The van der Waals surface area contributed by atoms with Crippen LogP contribution in [-0.2, 0) is 20.8 Å². The summed E-state index contributed by atoms with van der Waals surface area (Å²) in [6, 6.07) is 12.0. The van der Waals surface area contributed by atoms with Gasteiger partial charge in [0.15, 0.2) is 9.84 Å². The van der Waals surface area contributed by atoms with Gasteiger partial charge in [-0.25, -0.2) is 13.4 Å². The Bertz CT molecular complexity index is 1640. The third kappa shape index (κ3) is 6.18. The van der Waals surface area contributed by atoms with Crippen molar-refractivity contribution >= 4 is 21.3 Å². The van der Waals surface area contributed by atoms with Gasteiger partial charge in [0, 0.05) is 48.8 Å². The zero-order valence-corrected chi connectivity index (χ0v) is 24.3. The maximum Gasteiger partial charge on any atom is 0.417 e. The Morgan fingerprint density at radius 3 is 2.37 bits per heavy atom. The number of carbonyl (C=O) groups is 1. The number of ketones is 1. The summed E-state index contributed by atoms with van der Waals surface area (Å²) in [5.74, 6) is 0.134. The average Bonchev–Trinajstić information content (AvgIpc) is 3.63. The van der Waals surface area contributed by atoms with E-state index >= 15 is 0 Å². The number of anilines is 1. The van der Waals surface area contributed by atoms with Crippen LogP contribution in [0.3, 0.4) is 0 Å². The Morgan fingerprint density at radius 1 is 1.07 bits per heavy atom. The van der Waals surface area contributed by atoms with Gasteiger partial charge < -0.3 is 9.32 Å². The molecule has 2 aliphatic carbocycles. The fraction of sp³-hybridized carbons (Fsp3) is 0.484. The van der Waals surface area contributed by atoms with Gasteiger partial charge in [0.05, 0.1) is 28.6 Å².